The Bertz CT molecular complexity index is 881. The molecule has 148 valence electrons. The van der Waals surface area contributed by atoms with Crippen molar-refractivity contribution in [1.29, 1.82) is 5.26 Å². The van der Waals surface area contributed by atoms with Crippen molar-refractivity contribution < 1.29 is 28.5 Å². The molecule has 0 spiro atoms. The van der Waals surface area contributed by atoms with Gasteiger partial charge in [0.2, 0.25) is 6.10 Å². The third-order valence-corrected chi connectivity index (χ3v) is 4.24. The number of hydrogen-bond donors (Lipinski definition) is 0. The zero-order chi connectivity index (χ0) is 21.1. The van der Waals surface area contributed by atoms with Crippen LogP contribution in [0.3, 0.4) is 0 Å². The molecule has 1 aliphatic rings. The summed E-state index contributed by atoms with van der Waals surface area (Å²) in [6.45, 7) is 5.55. The zero-order valence-electron chi connectivity index (χ0n) is 16.8. The molecule has 2 rings (SSSR count). The number of hydrogen-bond acceptors (Lipinski definition) is 7. The summed E-state index contributed by atoms with van der Waals surface area (Å²) in [4.78, 5) is 25.0. The van der Waals surface area contributed by atoms with Gasteiger partial charge in [-0.1, -0.05) is 32.9 Å². The molecule has 0 aliphatic carbocycles. The maximum atomic E-state index is 12.6. The van der Waals surface area contributed by atoms with E-state index in [1.807, 2.05) is 20.8 Å². The van der Waals surface area contributed by atoms with Crippen molar-refractivity contribution in [3.63, 3.8) is 0 Å². The Labute approximate surface area is 164 Å². The molecule has 0 N–H and O–H groups in total. The molecule has 0 radical (unpaired) electrons. The summed E-state index contributed by atoms with van der Waals surface area (Å²) in [5, 5.41) is 9.90. The number of esters is 2. The van der Waals surface area contributed by atoms with E-state index < -0.39 is 23.5 Å². The number of nitriles is 1. The minimum absolute atomic E-state index is 0.0796. The molecule has 1 aromatic rings. The number of rotatable bonds is 4. The van der Waals surface area contributed by atoms with Gasteiger partial charge in [-0.05, 0) is 17.7 Å². The Morgan fingerprint density at radius 1 is 1.07 bits per heavy atom. The number of methoxy groups -OCH3 is 3. The standard InChI is InChI=1S/C21H23NO6/c1-21(2,3)18-14(11-22)15(12-7-9-13(25-4)10-8-12)16(19(23)26-5)17(28-18)20(24)27-6/h7-10,17H,1-6H3. The van der Waals surface area contributed by atoms with Crippen LogP contribution in [0.15, 0.2) is 41.2 Å². The van der Waals surface area contributed by atoms with Crippen LogP contribution in [0.5, 0.6) is 5.75 Å². The molecular formula is C21H23NO6. The van der Waals surface area contributed by atoms with E-state index >= 15 is 0 Å². The first-order valence-corrected chi connectivity index (χ1v) is 8.56. The summed E-state index contributed by atoms with van der Waals surface area (Å²) in [7, 11) is 3.94. The van der Waals surface area contributed by atoms with Crippen molar-refractivity contribution in [2.75, 3.05) is 21.3 Å². The predicted molar refractivity (Wildman–Crippen MR) is 101 cm³/mol. The molecule has 0 saturated heterocycles. The largest absolute Gasteiger partial charge is 0.497 e. The molecule has 0 saturated carbocycles. The second-order valence-corrected chi connectivity index (χ2v) is 7.10. The van der Waals surface area contributed by atoms with E-state index in [2.05, 4.69) is 6.07 Å². The maximum Gasteiger partial charge on any atom is 0.352 e. The van der Waals surface area contributed by atoms with E-state index in [0.29, 0.717) is 17.1 Å². The topological polar surface area (TPSA) is 94.9 Å². The van der Waals surface area contributed by atoms with Gasteiger partial charge in [0, 0.05) is 11.0 Å². The molecule has 0 fully saturated rings. The van der Waals surface area contributed by atoms with Gasteiger partial charge >= 0.3 is 11.9 Å². The van der Waals surface area contributed by atoms with Gasteiger partial charge in [-0.25, -0.2) is 9.59 Å². The second kappa shape index (κ2) is 8.17. The highest BCUT2D eigenvalue weighted by Crippen LogP contribution is 2.43. The van der Waals surface area contributed by atoms with Gasteiger partial charge in [0.05, 0.1) is 32.5 Å². The fraction of sp³-hybridized carbons (Fsp3) is 0.381. The average Bonchev–Trinajstić information content (AvgIpc) is 2.70. The summed E-state index contributed by atoms with van der Waals surface area (Å²) in [5.41, 5.74) is 0.319. The van der Waals surface area contributed by atoms with Gasteiger partial charge in [-0.3, -0.25) is 0 Å². The van der Waals surface area contributed by atoms with Crippen LogP contribution in [0, 0.1) is 16.7 Å². The van der Waals surface area contributed by atoms with Crippen LogP contribution in [-0.4, -0.2) is 39.4 Å². The summed E-state index contributed by atoms with van der Waals surface area (Å²) in [5.74, 6) is -0.630. The number of carbonyl (C=O) groups excluding carboxylic acids is 2. The van der Waals surface area contributed by atoms with E-state index in [9.17, 15) is 14.9 Å². The number of ether oxygens (including phenoxy) is 4. The van der Waals surface area contributed by atoms with Crippen LogP contribution in [0.25, 0.3) is 5.57 Å². The first-order chi connectivity index (χ1) is 13.2. The number of carbonyl (C=O) groups is 2. The van der Waals surface area contributed by atoms with Crippen LogP contribution >= 0.6 is 0 Å². The Morgan fingerprint density at radius 3 is 2.11 bits per heavy atom. The Hall–Kier alpha value is -3.27. The number of benzene rings is 1. The molecule has 1 aromatic carbocycles. The lowest BCUT2D eigenvalue weighted by atomic mass is 9.81. The highest BCUT2D eigenvalue weighted by atomic mass is 16.6. The lowest BCUT2D eigenvalue weighted by molar-refractivity contribution is -0.153. The normalized spacial score (nSPS) is 16.8. The summed E-state index contributed by atoms with van der Waals surface area (Å²) in [6, 6.07) is 8.94. The predicted octanol–water partition coefficient (Wildman–Crippen LogP) is 3.02. The van der Waals surface area contributed by atoms with Crippen LogP contribution in [0.1, 0.15) is 26.3 Å². The SMILES string of the molecule is COC(=O)C1=C(c2ccc(OC)cc2)C(C#N)=C(C(C)(C)C)OC1C(=O)OC. The van der Waals surface area contributed by atoms with E-state index in [-0.39, 0.29) is 16.7 Å². The van der Waals surface area contributed by atoms with Crippen molar-refractivity contribution in [3.8, 4) is 11.8 Å². The molecule has 1 heterocycles. The first kappa shape index (κ1) is 21.0. The van der Waals surface area contributed by atoms with E-state index in [1.165, 1.54) is 21.3 Å². The minimum Gasteiger partial charge on any atom is -0.497 e. The molecule has 7 heteroatoms. The molecule has 0 aromatic heterocycles. The van der Waals surface area contributed by atoms with Crippen LogP contribution < -0.4 is 4.74 Å². The molecular weight excluding hydrogens is 362 g/mol. The van der Waals surface area contributed by atoms with E-state index in [0.717, 1.165) is 0 Å². The van der Waals surface area contributed by atoms with Crippen LogP contribution in [-0.2, 0) is 23.8 Å². The zero-order valence-corrected chi connectivity index (χ0v) is 16.8. The quantitative estimate of drug-likeness (QED) is 0.735. The van der Waals surface area contributed by atoms with Crippen molar-refractivity contribution >= 4 is 17.5 Å². The molecule has 1 aliphatic heterocycles. The van der Waals surface area contributed by atoms with Crippen LogP contribution in [0.4, 0.5) is 0 Å². The highest BCUT2D eigenvalue weighted by molar-refractivity contribution is 6.08. The number of nitrogens with zero attached hydrogens (tertiary/aromatic N) is 1. The summed E-state index contributed by atoms with van der Waals surface area (Å²) >= 11 is 0. The monoisotopic (exact) mass is 385 g/mol. The summed E-state index contributed by atoms with van der Waals surface area (Å²) in [6.07, 6.45) is -1.35. The van der Waals surface area contributed by atoms with Crippen LogP contribution in [0.2, 0.25) is 0 Å². The van der Waals surface area contributed by atoms with Crippen molar-refractivity contribution in [2.45, 2.75) is 26.9 Å². The van der Waals surface area contributed by atoms with Crippen molar-refractivity contribution in [3.05, 3.63) is 46.7 Å². The van der Waals surface area contributed by atoms with Crippen molar-refractivity contribution in [1.82, 2.24) is 0 Å². The van der Waals surface area contributed by atoms with Gasteiger partial charge in [0.15, 0.2) is 0 Å². The van der Waals surface area contributed by atoms with Gasteiger partial charge < -0.3 is 18.9 Å². The van der Waals surface area contributed by atoms with E-state index in [4.69, 9.17) is 18.9 Å². The third-order valence-electron chi connectivity index (χ3n) is 4.24. The fourth-order valence-electron chi connectivity index (χ4n) is 2.92. The van der Waals surface area contributed by atoms with Gasteiger partial charge in [-0.2, -0.15) is 5.26 Å². The van der Waals surface area contributed by atoms with Crippen molar-refractivity contribution in [2.24, 2.45) is 5.41 Å². The Balaban J connectivity index is 2.90. The second-order valence-electron chi connectivity index (χ2n) is 7.10. The molecule has 0 amide bonds. The fourth-order valence-corrected chi connectivity index (χ4v) is 2.92. The molecule has 7 nitrogen and oxygen atoms in total. The third kappa shape index (κ3) is 3.86. The number of allylic oxidation sites excluding steroid dienone is 3. The van der Waals surface area contributed by atoms with E-state index in [1.54, 1.807) is 24.3 Å². The Kier molecular flexibility index (Phi) is 6.14. The lowest BCUT2D eigenvalue weighted by Gasteiger charge is -2.34. The van der Waals surface area contributed by atoms with Gasteiger partial charge in [0.1, 0.15) is 17.6 Å². The van der Waals surface area contributed by atoms with Gasteiger partial charge in [0.25, 0.3) is 0 Å². The molecule has 1 unspecified atom stereocenters. The average molecular weight is 385 g/mol. The lowest BCUT2D eigenvalue weighted by Crippen LogP contribution is -2.37. The first-order valence-electron chi connectivity index (χ1n) is 8.56. The highest BCUT2D eigenvalue weighted by Gasteiger charge is 2.43. The molecule has 28 heavy (non-hydrogen) atoms. The van der Waals surface area contributed by atoms with Gasteiger partial charge in [-0.15, -0.1) is 0 Å². The molecule has 0 bridgehead atoms. The maximum absolute atomic E-state index is 12.6. The summed E-state index contributed by atoms with van der Waals surface area (Å²) < 4.78 is 20.7. The minimum atomic E-state index is -1.35. The molecule has 1 atom stereocenters. The Morgan fingerprint density at radius 2 is 1.68 bits per heavy atom. The smallest absolute Gasteiger partial charge is 0.352 e.